The van der Waals surface area contributed by atoms with E-state index in [1.165, 1.54) is 11.9 Å². The first kappa shape index (κ1) is 15.7. The fourth-order valence-corrected chi connectivity index (χ4v) is 3.16. The molecule has 0 radical (unpaired) electrons. The number of halogens is 1. The van der Waals surface area contributed by atoms with Gasteiger partial charge in [0, 0.05) is 11.1 Å². The second-order valence-corrected chi connectivity index (χ2v) is 6.13. The third kappa shape index (κ3) is 2.98. The number of nitrogens with one attached hydrogen (secondary N) is 1. The van der Waals surface area contributed by atoms with Crippen LogP contribution < -0.4 is 5.32 Å². The van der Waals surface area contributed by atoms with Crippen molar-refractivity contribution in [3.05, 3.63) is 71.0 Å². The number of nitrogens with zero attached hydrogens (tertiary/aromatic N) is 4. The summed E-state index contributed by atoms with van der Waals surface area (Å²) in [6.45, 7) is 2.13. The van der Waals surface area contributed by atoms with Crippen LogP contribution in [0, 0.1) is 0 Å². The molecule has 1 unspecified atom stereocenters. The normalized spacial score (nSPS) is 15.6. The van der Waals surface area contributed by atoms with E-state index in [0.717, 1.165) is 23.4 Å². The number of aromatic nitrogens is 3. The van der Waals surface area contributed by atoms with Gasteiger partial charge in [-0.05, 0) is 24.1 Å². The maximum atomic E-state index is 6.24. The van der Waals surface area contributed by atoms with E-state index < -0.39 is 0 Å². The van der Waals surface area contributed by atoms with Crippen molar-refractivity contribution < 1.29 is 0 Å². The Morgan fingerprint density at radius 3 is 2.56 bits per heavy atom. The van der Waals surface area contributed by atoms with Gasteiger partial charge in [0.25, 0.3) is 0 Å². The van der Waals surface area contributed by atoms with Crippen molar-refractivity contribution in [3.8, 4) is 11.4 Å². The number of rotatable bonds is 3. The molecule has 1 aliphatic rings. The average Bonchev–Trinajstić information content (AvgIpc) is 3.00. The van der Waals surface area contributed by atoms with Gasteiger partial charge in [-0.2, -0.15) is 4.98 Å². The molecule has 4 rings (SSSR count). The molecule has 1 atom stereocenters. The van der Waals surface area contributed by atoms with Gasteiger partial charge in [0.2, 0.25) is 5.95 Å². The Balaban J connectivity index is 1.67. The molecule has 25 heavy (non-hydrogen) atoms. The van der Waals surface area contributed by atoms with Gasteiger partial charge in [0.1, 0.15) is 12.2 Å². The van der Waals surface area contributed by atoms with E-state index in [-0.39, 0.29) is 6.04 Å². The summed E-state index contributed by atoms with van der Waals surface area (Å²) in [6.07, 6.45) is 2.43. The van der Waals surface area contributed by atoms with Crippen molar-refractivity contribution in [1.82, 2.24) is 15.0 Å². The van der Waals surface area contributed by atoms with Crippen LogP contribution in [0.3, 0.4) is 0 Å². The summed E-state index contributed by atoms with van der Waals surface area (Å²) >= 11 is 6.24. The second kappa shape index (κ2) is 6.61. The Morgan fingerprint density at radius 2 is 1.76 bits per heavy atom. The van der Waals surface area contributed by atoms with Gasteiger partial charge in [-0.15, -0.1) is 0 Å². The van der Waals surface area contributed by atoms with E-state index in [9.17, 15) is 0 Å². The van der Waals surface area contributed by atoms with Crippen molar-refractivity contribution in [2.45, 2.75) is 19.4 Å². The van der Waals surface area contributed by atoms with Crippen molar-refractivity contribution in [2.75, 3.05) is 5.32 Å². The van der Waals surface area contributed by atoms with Crippen LogP contribution >= 0.6 is 11.6 Å². The largest absolute Gasteiger partial charge is 0.308 e. The second-order valence-electron chi connectivity index (χ2n) is 5.73. The highest BCUT2D eigenvalue weighted by atomic mass is 35.5. The standard InChI is InChI=1S/C19H16ClN5/c1-2-16-12-7-3-4-8-13(12)18(23-16)25-19-22-11-21-17(24-19)14-9-5-6-10-15(14)20/h3-11,16H,2H2,1H3,(H,21,22,23,24,25). The number of hydrogen-bond acceptors (Lipinski definition) is 5. The van der Waals surface area contributed by atoms with Crippen molar-refractivity contribution in [2.24, 2.45) is 4.99 Å². The molecule has 3 aromatic rings. The molecule has 1 aromatic heterocycles. The smallest absolute Gasteiger partial charge is 0.231 e. The molecule has 2 aromatic carbocycles. The molecule has 0 amide bonds. The van der Waals surface area contributed by atoms with Crippen LogP contribution in [0.5, 0.6) is 0 Å². The number of hydrogen-bond donors (Lipinski definition) is 1. The summed E-state index contributed by atoms with van der Waals surface area (Å²) in [5.41, 5.74) is 3.09. The summed E-state index contributed by atoms with van der Waals surface area (Å²) < 4.78 is 0. The molecule has 1 aliphatic heterocycles. The maximum absolute atomic E-state index is 6.24. The Bertz CT molecular complexity index is 954. The van der Waals surface area contributed by atoms with Gasteiger partial charge in [0.15, 0.2) is 5.82 Å². The minimum atomic E-state index is 0.170. The fraction of sp³-hybridized carbons (Fsp3) is 0.158. The topological polar surface area (TPSA) is 63.1 Å². The van der Waals surface area contributed by atoms with E-state index in [1.807, 2.05) is 36.4 Å². The van der Waals surface area contributed by atoms with Crippen LogP contribution in [0.15, 0.2) is 59.9 Å². The van der Waals surface area contributed by atoms with E-state index in [1.54, 1.807) is 0 Å². The highest BCUT2D eigenvalue weighted by Crippen LogP contribution is 2.32. The molecule has 5 nitrogen and oxygen atoms in total. The van der Waals surface area contributed by atoms with E-state index in [2.05, 4.69) is 39.3 Å². The summed E-state index contributed by atoms with van der Waals surface area (Å²) in [6, 6.07) is 15.9. The molecule has 0 saturated heterocycles. The number of amidine groups is 1. The zero-order valence-electron chi connectivity index (χ0n) is 13.6. The SMILES string of the molecule is CCC1N=C(Nc2ncnc(-c3ccccc3Cl)n2)c2ccccc21. The highest BCUT2D eigenvalue weighted by Gasteiger charge is 2.24. The number of benzene rings is 2. The summed E-state index contributed by atoms with van der Waals surface area (Å²) in [5, 5.41) is 3.84. The van der Waals surface area contributed by atoms with Crippen LogP contribution in [0.2, 0.25) is 5.02 Å². The van der Waals surface area contributed by atoms with Crippen molar-refractivity contribution >= 4 is 23.4 Å². The van der Waals surface area contributed by atoms with Crippen LogP contribution in [0.25, 0.3) is 11.4 Å². The van der Waals surface area contributed by atoms with Gasteiger partial charge < -0.3 is 5.32 Å². The third-order valence-electron chi connectivity index (χ3n) is 4.16. The molecular formula is C19H16ClN5. The third-order valence-corrected chi connectivity index (χ3v) is 4.49. The monoisotopic (exact) mass is 349 g/mol. The predicted molar refractivity (Wildman–Crippen MR) is 99.9 cm³/mol. The fourth-order valence-electron chi connectivity index (χ4n) is 2.94. The first-order valence-corrected chi connectivity index (χ1v) is 8.52. The van der Waals surface area contributed by atoms with Gasteiger partial charge in [0.05, 0.1) is 11.1 Å². The average molecular weight is 350 g/mol. The molecule has 0 aliphatic carbocycles. The lowest BCUT2D eigenvalue weighted by molar-refractivity contribution is 0.716. The van der Waals surface area contributed by atoms with E-state index >= 15 is 0 Å². The van der Waals surface area contributed by atoms with Gasteiger partial charge >= 0.3 is 0 Å². The molecule has 1 N–H and O–H groups in total. The van der Waals surface area contributed by atoms with Crippen LogP contribution in [0.4, 0.5) is 5.95 Å². The molecule has 0 fully saturated rings. The van der Waals surface area contributed by atoms with Crippen molar-refractivity contribution in [1.29, 1.82) is 0 Å². The van der Waals surface area contributed by atoms with Gasteiger partial charge in [-0.25, -0.2) is 9.97 Å². The van der Waals surface area contributed by atoms with Crippen LogP contribution in [-0.2, 0) is 0 Å². The quantitative estimate of drug-likeness (QED) is 0.755. The number of aliphatic imine (C=N–C) groups is 1. The first-order valence-electron chi connectivity index (χ1n) is 8.14. The molecule has 0 saturated carbocycles. The zero-order valence-corrected chi connectivity index (χ0v) is 14.4. The minimum Gasteiger partial charge on any atom is -0.308 e. The molecule has 0 spiro atoms. The lowest BCUT2D eigenvalue weighted by atomic mass is 10.0. The summed E-state index contributed by atoms with van der Waals surface area (Å²) in [5.74, 6) is 1.77. The Kier molecular flexibility index (Phi) is 4.15. The number of fused-ring (bicyclic) bond motifs is 1. The predicted octanol–water partition coefficient (Wildman–Crippen LogP) is 4.52. The first-order chi connectivity index (χ1) is 12.3. The van der Waals surface area contributed by atoms with E-state index in [0.29, 0.717) is 16.8 Å². The van der Waals surface area contributed by atoms with Gasteiger partial charge in [-0.3, -0.25) is 4.99 Å². The Hall–Kier alpha value is -2.79. The molecule has 6 heteroatoms. The Labute approximate surface area is 150 Å². The minimum absolute atomic E-state index is 0.170. The zero-order chi connectivity index (χ0) is 17.2. The molecule has 2 heterocycles. The number of anilines is 1. The maximum Gasteiger partial charge on any atom is 0.231 e. The molecule has 124 valence electrons. The lowest BCUT2D eigenvalue weighted by Crippen LogP contribution is -2.14. The summed E-state index contributed by atoms with van der Waals surface area (Å²) in [4.78, 5) is 17.7. The highest BCUT2D eigenvalue weighted by molar-refractivity contribution is 6.33. The lowest BCUT2D eigenvalue weighted by Gasteiger charge is -2.07. The van der Waals surface area contributed by atoms with Crippen molar-refractivity contribution in [3.63, 3.8) is 0 Å². The van der Waals surface area contributed by atoms with E-state index in [4.69, 9.17) is 16.6 Å². The van der Waals surface area contributed by atoms with Gasteiger partial charge in [-0.1, -0.05) is 54.9 Å². The molecule has 0 bridgehead atoms. The van der Waals surface area contributed by atoms with Crippen LogP contribution in [-0.4, -0.2) is 20.8 Å². The van der Waals surface area contributed by atoms with Crippen LogP contribution in [0.1, 0.15) is 30.5 Å². The Morgan fingerprint density at radius 1 is 1.00 bits per heavy atom. The summed E-state index contributed by atoms with van der Waals surface area (Å²) in [7, 11) is 0. The molecular weight excluding hydrogens is 334 g/mol.